The molecule has 6 heteroatoms. The Labute approximate surface area is 144 Å². The van der Waals surface area contributed by atoms with Crippen LogP contribution in [-0.4, -0.2) is 85.1 Å². The molecule has 1 aromatic rings. The lowest BCUT2D eigenvalue weighted by molar-refractivity contribution is -0.147. The van der Waals surface area contributed by atoms with Gasteiger partial charge in [-0.15, -0.1) is 0 Å². The predicted octanol–water partition coefficient (Wildman–Crippen LogP) is 0.693. The number of hydrogen-bond donors (Lipinski definition) is 0. The van der Waals surface area contributed by atoms with E-state index in [0.29, 0.717) is 19.1 Å². The van der Waals surface area contributed by atoms with Crippen LogP contribution in [0.4, 0.5) is 0 Å². The molecule has 0 N–H and O–H groups in total. The summed E-state index contributed by atoms with van der Waals surface area (Å²) < 4.78 is 5.67. The third-order valence-corrected chi connectivity index (χ3v) is 4.89. The van der Waals surface area contributed by atoms with E-state index in [1.165, 1.54) is 5.56 Å². The van der Waals surface area contributed by atoms with Gasteiger partial charge in [0.05, 0.1) is 6.61 Å². The summed E-state index contributed by atoms with van der Waals surface area (Å²) >= 11 is 0. The molecule has 1 aromatic heterocycles. The summed E-state index contributed by atoms with van der Waals surface area (Å²) in [4.78, 5) is 23.3. The van der Waals surface area contributed by atoms with Crippen LogP contribution in [0.25, 0.3) is 0 Å². The largest absolute Gasteiger partial charge is 0.366 e. The van der Waals surface area contributed by atoms with Crippen LogP contribution in [0, 0.1) is 5.92 Å². The molecule has 0 unspecified atom stereocenters. The van der Waals surface area contributed by atoms with Gasteiger partial charge in [0, 0.05) is 51.7 Å². The highest BCUT2D eigenvalue weighted by molar-refractivity contribution is 5.81. The molecule has 24 heavy (non-hydrogen) atoms. The molecule has 3 rings (SSSR count). The highest BCUT2D eigenvalue weighted by Crippen LogP contribution is 2.20. The number of likely N-dealkylation sites (N-methyl/N-ethyl adjacent to an activating group) is 1. The summed E-state index contributed by atoms with van der Waals surface area (Å²) in [6.45, 7) is 5.87. The Morgan fingerprint density at radius 3 is 3.04 bits per heavy atom. The zero-order chi connectivity index (χ0) is 16.9. The molecule has 2 aliphatic rings. The van der Waals surface area contributed by atoms with E-state index in [9.17, 15) is 4.79 Å². The Morgan fingerprint density at radius 1 is 1.42 bits per heavy atom. The molecule has 1 amide bonds. The molecule has 2 saturated heterocycles. The zero-order valence-electron chi connectivity index (χ0n) is 14.7. The summed E-state index contributed by atoms with van der Waals surface area (Å²) in [5.41, 5.74) is 1.23. The maximum Gasteiger partial charge on any atom is 0.253 e. The quantitative estimate of drug-likeness (QED) is 0.794. The average molecular weight is 332 g/mol. The number of hydrogen-bond acceptors (Lipinski definition) is 5. The first-order valence-electron chi connectivity index (χ1n) is 8.78. The summed E-state index contributed by atoms with van der Waals surface area (Å²) in [6.07, 6.45) is 4.51. The molecule has 0 saturated carbocycles. The van der Waals surface area contributed by atoms with Crippen LogP contribution in [-0.2, 0) is 16.1 Å². The van der Waals surface area contributed by atoms with E-state index in [1.807, 2.05) is 24.2 Å². The smallest absolute Gasteiger partial charge is 0.253 e. The number of carbonyl (C=O) groups excluding carboxylic acids is 1. The molecule has 0 aliphatic carbocycles. The number of carbonyl (C=O) groups is 1. The molecule has 3 heterocycles. The number of morpholine rings is 1. The molecule has 132 valence electrons. The fourth-order valence-electron chi connectivity index (χ4n) is 3.62. The van der Waals surface area contributed by atoms with Gasteiger partial charge >= 0.3 is 0 Å². The molecule has 2 atom stereocenters. The number of aromatic nitrogens is 1. The van der Waals surface area contributed by atoms with Gasteiger partial charge in [-0.25, -0.2) is 0 Å². The van der Waals surface area contributed by atoms with Crippen molar-refractivity contribution in [1.29, 1.82) is 0 Å². The minimum atomic E-state index is -0.282. The van der Waals surface area contributed by atoms with Crippen LogP contribution in [0.3, 0.4) is 0 Å². The van der Waals surface area contributed by atoms with Crippen molar-refractivity contribution in [2.45, 2.75) is 19.1 Å². The van der Waals surface area contributed by atoms with Gasteiger partial charge in [-0.3, -0.25) is 9.78 Å². The Hall–Kier alpha value is -1.50. The number of ether oxygens (including phenoxy) is 1. The van der Waals surface area contributed by atoms with Crippen LogP contribution in [0.1, 0.15) is 12.0 Å². The van der Waals surface area contributed by atoms with E-state index < -0.39 is 0 Å². The molecule has 2 aliphatic heterocycles. The maximum atomic E-state index is 12.6. The monoisotopic (exact) mass is 332 g/mol. The average Bonchev–Trinajstić information content (AvgIpc) is 3.03. The maximum absolute atomic E-state index is 12.6. The Balaban J connectivity index is 1.45. The first-order valence-corrected chi connectivity index (χ1v) is 8.78. The second kappa shape index (κ2) is 8.05. The number of nitrogens with zero attached hydrogens (tertiary/aromatic N) is 4. The van der Waals surface area contributed by atoms with Crippen molar-refractivity contribution < 1.29 is 9.53 Å². The van der Waals surface area contributed by atoms with E-state index in [1.54, 1.807) is 6.20 Å². The van der Waals surface area contributed by atoms with Crippen LogP contribution < -0.4 is 0 Å². The molecular weight excluding hydrogens is 304 g/mol. The Morgan fingerprint density at radius 2 is 2.29 bits per heavy atom. The van der Waals surface area contributed by atoms with Crippen LogP contribution in [0.5, 0.6) is 0 Å². The van der Waals surface area contributed by atoms with Crippen molar-refractivity contribution in [3.63, 3.8) is 0 Å². The van der Waals surface area contributed by atoms with Gasteiger partial charge in [-0.05, 0) is 38.1 Å². The van der Waals surface area contributed by atoms with E-state index >= 15 is 0 Å². The lowest BCUT2D eigenvalue weighted by Gasteiger charge is -2.31. The van der Waals surface area contributed by atoms with Gasteiger partial charge in [0.1, 0.15) is 6.10 Å². The Bertz CT molecular complexity index is 539. The van der Waals surface area contributed by atoms with Crippen molar-refractivity contribution in [2.24, 2.45) is 5.92 Å². The minimum absolute atomic E-state index is 0.166. The van der Waals surface area contributed by atoms with Gasteiger partial charge in [0.25, 0.3) is 5.91 Å². The molecule has 0 spiro atoms. The van der Waals surface area contributed by atoms with E-state index in [0.717, 1.165) is 39.1 Å². The molecule has 0 radical (unpaired) electrons. The van der Waals surface area contributed by atoms with E-state index in [4.69, 9.17) is 4.74 Å². The van der Waals surface area contributed by atoms with Crippen molar-refractivity contribution in [3.05, 3.63) is 30.1 Å². The highest BCUT2D eigenvalue weighted by atomic mass is 16.5. The lowest BCUT2D eigenvalue weighted by atomic mass is 10.1. The second-order valence-electron chi connectivity index (χ2n) is 7.12. The lowest BCUT2D eigenvalue weighted by Crippen LogP contribution is -2.49. The standard InChI is InChI=1S/C18H28N4O2/c1-20-8-9-24-17(14-20)18(23)22-7-5-16(13-22)12-21(2)11-15-4-3-6-19-10-15/h3-4,6,10,16-17H,5,7-9,11-14H2,1-2H3/t16-,17-/m1/s1. The first kappa shape index (κ1) is 17.3. The van der Waals surface area contributed by atoms with Crippen molar-refractivity contribution in [3.8, 4) is 0 Å². The summed E-state index contributed by atoms with van der Waals surface area (Å²) in [7, 11) is 4.18. The number of likely N-dealkylation sites (tertiary alicyclic amines) is 1. The van der Waals surface area contributed by atoms with Crippen LogP contribution >= 0.6 is 0 Å². The van der Waals surface area contributed by atoms with Gasteiger partial charge in [0.15, 0.2) is 0 Å². The summed E-state index contributed by atoms with van der Waals surface area (Å²) in [5, 5.41) is 0. The number of amides is 1. The van der Waals surface area contributed by atoms with Crippen LogP contribution in [0.15, 0.2) is 24.5 Å². The van der Waals surface area contributed by atoms with E-state index in [2.05, 4.69) is 27.9 Å². The normalized spacial score (nSPS) is 25.4. The summed E-state index contributed by atoms with van der Waals surface area (Å²) in [6, 6.07) is 4.07. The summed E-state index contributed by atoms with van der Waals surface area (Å²) in [5.74, 6) is 0.705. The minimum Gasteiger partial charge on any atom is -0.366 e. The van der Waals surface area contributed by atoms with Crippen molar-refractivity contribution in [1.82, 2.24) is 19.7 Å². The van der Waals surface area contributed by atoms with Crippen LogP contribution in [0.2, 0.25) is 0 Å². The number of rotatable bonds is 5. The molecule has 0 bridgehead atoms. The first-order chi connectivity index (χ1) is 11.6. The van der Waals surface area contributed by atoms with Crippen molar-refractivity contribution in [2.75, 3.05) is 53.4 Å². The third-order valence-electron chi connectivity index (χ3n) is 4.89. The zero-order valence-corrected chi connectivity index (χ0v) is 14.7. The Kier molecular flexibility index (Phi) is 5.81. The molecule has 0 aromatic carbocycles. The molecular formula is C18H28N4O2. The second-order valence-corrected chi connectivity index (χ2v) is 7.12. The van der Waals surface area contributed by atoms with Gasteiger partial charge < -0.3 is 19.4 Å². The molecule has 2 fully saturated rings. The fraction of sp³-hybridized carbons (Fsp3) is 0.667. The number of pyridine rings is 1. The molecule has 6 nitrogen and oxygen atoms in total. The van der Waals surface area contributed by atoms with Crippen molar-refractivity contribution >= 4 is 5.91 Å². The fourth-order valence-corrected chi connectivity index (χ4v) is 3.62. The third kappa shape index (κ3) is 4.53. The van der Waals surface area contributed by atoms with Gasteiger partial charge in [-0.1, -0.05) is 6.07 Å². The van der Waals surface area contributed by atoms with E-state index in [-0.39, 0.29) is 12.0 Å². The SMILES string of the molecule is CN(Cc1cccnc1)C[C@H]1CCN(C(=O)[C@H]2CN(C)CCO2)C1. The topological polar surface area (TPSA) is 48.9 Å². The highest BCUT2D eigenvalue weighted by Gasteiger charge is 2.33. The predicted molar refractivity (Wildman–Crippen MR) is 92.5 cm³/mol. The van der Waals surface area contributed by atoms with Gasteiger partial charge in [0.2, 0.25) is 0 Å². The van der Waals surface area contributed by atoms with Gasteiger partial charge in [-0.2, -0.15) is 0 Å².